The first-order valence-electron chi connectivity index (χ1n) is 7.08. The molecule has 6 heteroatoms. The molecule has 21 heavy (non-hydrogen) atoms. The fraction of sp³-hybridized carbons (Fsp3) is 0.733. The van der Waals surface area contributed by atoms with E-state index >= 15 is 0 Å². The Bertz CT molecular complexity index is 365. The van der Waals surface area contributed by atoms with E-state index in [0.717, 1.165) is 0 Å². The zero-order chi connectivity index (χ0) is 16.5. The molecule has 1 amide bonds. The van der Waals surface area contributed by atoms with Crippen LogP contribution in [0, 0.1) is 5.41 Å². The van der Waals surface area contributed by atoms with Crippen LogP contribution in [0.15, 0.2) is 12.2 Å². The predicted octanol–water partition coefficient (Wildman–Crippen LogP) is 1.04. The molecular weight excluding hydrogens is 274 g/mol. The third-order valence-corrected chi connectivity index (χ3v) is 2.86. The zero-order valence-corrected chi connectivity index (χ0v) is 13.4. The van der Waals surface area contributed by atoms with Gasteiger partial charge in [0.25, 0.3) is 0 Å². The average molecular weight is 301 g/mol. The van der Waals surface area contributed by atoms with Crippen LogP contribution in [0.2, 0.25) is 0 Å². The Hall–Kier alpha value is -1.40. The van der Waals surface area contributed by atoms with Crippen molar-refractivity contribution in [1.29, 1.82) is 0 Å². The lowest BCUT2D eigenvalue weighted by Crippen LogP contribution is -2.41. The molecule has 6 nitrogen and oxygen atoms in total. The number of carbonyl (C=O) groups is 2. The molecule has 1 atom stereocenters. The second-order valence-corrected chi connectivity index (χ2v) is 5.59. The van der Waals surface area contributed by atoms with Crippen LogP contribution < -0.4 is 5.32 Å². The van der Waals surface area contributed by atoms with Gasteiger partial charge in [-0.25, -0.2) is 4.79 Å². The van der Waals surface area contributed by atoms with Gasteiger partial charge < -0.3 is 19.9 Å². The van der Waals surface area contributed by atoms with Gasteiger partial charge in [-0.15, -0.1) is 0 Å². The van der Waals surface area contributed by atoms with E-state index < -0.39 is 11.4 Å². The Balaban J connectivity index is 4.22. The van der Waals surface area contributed by atoms with Gasteiger partial charge >= 0.3 is 5.97 Å². The number of aliphatic hydroxyl groups excluding tert-OH is 1. The number of esters is 1. The first-order valence-corrected chi connectivity index (χ1v) is 7.08. The third kappa shape index (κ3) is 7.82. The van der Waals surface area contributed by atoms with Crippen molar-refractivity contribution in [2.24, 2.45) is 5.41 Å². The minimum absolute atomic E-state index is 0.0998. The van der Waals surface area contributed by atoms with E-state index in [1.165, 1.54) is 0 Å². The molecule has 2 N–H and O–H groups in total. The van der Waals surface area contributed by atoms with Crippen LogP contribution in [0.1, 0.15) is 34.1 Å². The van der Waals surface area contributed by atoms with Gasteiger partial charge in [0, 0.05) is 12.1 Å². The number of aliphatic hydroxyl groups is 1. The van der Waals surface area contributed by atoms with E-state index in [2.05, 4.69) is 11.9 Å². The Morgan fingerprint density at radius 1 is 1.38 bits per heavy atom. The molecule has 0 heterocycles. The summed E-state index contributed by atoms with van der Waals surface area (Å²) in [5, 5.41) is 11.3. The fourth-order valence-electron chi connectivity index (χ4n) is 1.41. The topological polar surface area (TPSA) is 84.9 Å². The van der Waals surface area contributed by atoms with E-state index in [1.54, 1.807) is 20.8 Å². The number of carbonyl (C=O) groups excluding carboxylic acids is 2. The number of amides is 1. The minimum atomic E-state index is -0.716. The highest BCUT2D eigenvalue weighted by atomic mass is 16.6. The molecule has 0 saturated carbocycles. The van der Waals surface area contributed by atoms with Crippen molar-refractivity contribution >= 4 is 11.9 Å². The standard InChI is InChI=1S/C15H27NO5/c1-6-12(21-13(18)11(2)3)9-20-10-15(4,5)14(19)16-7-8-17/h12,17H,2,6-10H2,1,3-5H3,(H,16,19). The summed E-state index contributed by atoms with van der Waals surface area (Å²) in [5.74, 6) is -0.631. The molecule has 0 aromatic rings. The van der Waals surface area contributed by atoms with Crippen LogP contribution in [-0.2, 0) is 19.1 Å². The van der Waals surface area contributed by atoms with Crippen LogP contribution >= 0.6 is 0 Å². The maximum atomic E-state index is 11.8. The minimum Gasteiger partial charge on any atom is -0.457 e. The molecule has 0 aliphatic heterocycles. The van der Waals surface area contributed by atoms with Crippen molar-refractivity contribution in [3.8, 4) is 0 Å². The first-order chi connectivity index (χ1) is 9.74. The number of rotatable bonds is 10. The summed E-state index contributed by atoms with van der Waals surface area (Å²) in [6.45, 7) is 11.0. The highest BCUT2D eigenvalue weighted by molar-refractivity contribution is 5.87. The monoisotopic (exact) mass is 301 g/mol. The smallest absolute Gasteiger partial charge is 0.333 e. The lowest BCUT2D eigenvalue weighted by molar-refractivity contribution is -0.149. The number of hydrogen-bond donors (Lipinski definition) is 2. The summed E-state index contributed by atoms with van der Waals surface area (Å²) in [6.07, 6.45) is 0.265. The van der Waals surface area contributed by atoms with Gasteiger partial charge in [0.05, 0.1) is 25.2 Å². The lowest BCUT2D eigenvalue weighted by Gasteiger charge is -2.24. The summed E-state index contributed by atoms with van der Waals surface area (Å²) < 4.78 is 10.7. The zero-order valence-electron chi connectivity index (χ0n) is 13.4. The van der Waals surface area contributed by atoms with Gasteiger partial charge in [0.2, 0.25) is 5.91 Å². The van der Waals surface area contributed by atoms with Gasteiger partial charge in [-0.1, -0.05) is 13.5 Å². The van der Waals surface area contributed by atoms with Crippen molar-refractivity contribution in [1.82, 2.24) is 5.32 Å². The summed E-state index contributed by atoms with van der Waals surface area (Å²) in [5.41, 5.74) is -0.372. The van der Waals surface area contributed by atoms with Gasteiger partial charge in [-0.2, -0.15) is 0 Å². The average Bonchev–Trinajstić information content (AvgIpc) is 2.42. The molecule has 0 aromatic carbocycles. The maximum Gasteiger partial charge on any atom is 0.333 e. The maximum absolute atomic E-state index is 11.8. The lowest BCUT2D eigenvalue weighted by atomic mass is 9.93. The van der Waals surface area contributed by atoms with Crippen LogP contribution in [0.4, 0.5) is 0 Å². The predicted molar refractivity (Wildman–Crippen MR) is 79.7 cm³/mol. The van der Waals surface area contributed by atoms with E-state index in [4.69, 9.17) is 14.6 Å². The highest BCUT2D eigenvalue weighted by Gasteiger charge is 2.28. The normalized spacial score (nSPS) is 12.6. The third-order valence-electron chi connectivity index (χ3n) is 2.86. The van der Waals surface area contributed by atoms with Crippen LogP contribution in [0.25, 0.3) is 0 Å². The van der Waals surface area contributed by atoms with Gasteiger partial charge in [0.15, 0.2) is 0 Å². The largest absolute Gasteiger partial charge is 0.457 e. The van der Waals surface area contributed by atoms with E-state index in [1.807, 2.05) is 6.92 Å². The molecule has 0 spiro atoms. The number of hydrogen-bond acceptors (Lipinski definition) is 5. The molecule has 1 unspecified atom stereocenters. The molecule has 0 aliphatic carbocycles. The Morgan fingerprint density at radius 2 is 2.00 bits per heavy atom. The molecule has 0 aliphatic rings. The van der Waals surface area contributed by atoms with E-state index in [-0.39, 0.29) is 38.4 Å². The van der Waals surface area contributed by atoms with Crippen molar-refractivity contribution in [3.63, 3.8) is 0 Å². The van der Waals surface area contributed by atoms with Gasteiger partial charge in [0.1, 0.15) is 6.10 Å². The molecule has 0 fully saturated rings. The molecular formula is C15H27NO5. The first kappa shape index (κ1) is 19.6. The fourth-order valence-corrected chi connectivity index (χ4v) is 1.41. The molecule has 0 bridgehead atoms. The van der Waals surface area contributed by atoms with Crippen LogP contribution in [0.3, 0.4) is 0 Å². The summed E-state index contributed by atoms with van der Waals surface area (Å²) in [6, 6.07) is 0. The molecule has 122 valence electrons. The number of ether oxygens (including phenoxy) is 2. The number of nitrogens with one attached hydrogen (secondary N) is 1. The Kier molecular flexibility index (Phi) is 8.89. The van der Waals surface area contributed by atoms with Crippen LogP contribution in [0.5, 0.6) is 0 Å². The molecule has 0 aromatic heterocycles. The highest BCUT2D eigenvalue weighted by Crippen LogP contribution is 2.16. The van der Waals surface area contributed by atoms with Crippen molar-refractivity contribution in [2.45, 2.75) is 40.2 Å². The summed E-state index contributed by atoms with van der Waals surface area (Å²) in [4.78, 5) is 23.3. The summed E-state index contributed by atoms with van der Waals surface area (Å²) in [7, 11) is 0. The van der Waals surface area contributed by atoms with E-state index in [0.29, 0.717) is 12.0 Å². The van der Waals surface area contributed by atoms with Gasteiger partial charge in [-0.3, -0.25) is 4.79 Å². The van der Waals surface area contributed by atoms with Crippen molar-refractivity contribution in [2.75, 3.05) is 26.4 Å². The van der Waals surface area contributed by atoms with E-state index in [9.17, 15) is 9.59 Å². The second-order valence-electron chi connectivity index (χ2n) is 5.59. The summed E-state index contributed by atoms with van der Waals surface area (Å²) >= 11 is 0. The molecule has 0 rings (SSSR count). The molecule has 0 saturated heterocycles. The van der Waals surface area contributed by atoms with Crippen LogP contribution in [-0.4, -0.2) is 49.5 Å². The second kappa shape index (κ2) is 9.52. The van der Waals surface area contributed by atoms with Crippen molar-refractivity contribution in [3.05, 3.63) is 12.2 Å². The van der Waals surface area contributed by atoms with Crippen molar-refractivity contribution < 1.29 is 24.2 Å². The molecule has 0 radical (unpaired) electrons. The Morgan fingerprint density at radius 3 is 2.48 bits per heavy atom. The quantitative estimate of drug-likeness (QED) is 0.465. The SMILES string of the molecule is C=C(C)C(=O)OC(CC)COCC(C)(C)C(=O)NCCO. The Labute approximate surface area is 126 Å². The van der Waals surface area contributed by atoms with Gasteiger partial charge in [-0.05, 0) is 27.2 Å².